The zero-order chi connectivity index (χ0) is 19.7. The van der Waals surface area contributed by atoms with Crippen LogP contribution in [0.5, 0.6) is 0 Å². The summed E-state index contributed by atoms with van der Waals surface area (Å²) in [6.45, 7) is 3.28. The van der Waals surface area contributed by atoms with Crippen LogP contribution >= 0.6 is 0 Å². The fraction of sp³-hybridized carbons (Fsp3) is 0.417. The van der Waals surface area contributed by atoms with Crippen LogP contribution in [0.4, 0.5) is 0 Å². The highest BCUT2D eigenvalue weighted by Crippen LogP contribution is 2.38. The van der Waals surface area contributed by atoms with Crippen molar-refractivity contribution in [2.45, 2.75) is 39.0 Å². The highest BCUT2D eigenvalue weighted by Gasteiger charge is 2.44. The first-order chi connectivity index (χ1) is 13.5. The van der Waals surface area contributed by atoms with Gasteiger partial charge in [-0.15, -0.1) is 0 Å². The minimum atomic E-state index is -0.659. The molecule has 1 saturated carbocycles. The Morgan fingerprint density at radius 1 is 1.04 bits per heavy atom. The number of rotatable bonds is 5. The molecular weight excluding hydrogens is 348 g/mol. The standard InChI is InChI=1S/C24H28N2O2/c1-17-3-7-19(8-4-17)20-9-5-18(6-10-20)15-24(23(25)28)13-2-14-26(16-24)22(27)21-11-12-21/h3-10,21H,2,11-16H2,1H3,(H2,25,28). The Kier molecular flexibility index (Phi) is 4.96. The molecule has 4 heteroatoms. The number of nitrogens with two attached hydrogens (primary N) is 1. The smallest absolute Gasteiger partial charge is 0.225 e. The first-order valence-corrected chi connectivity index (χ1v) is 10.2. The van der Waals surface area contributed by atoms with Gasteiger partial charge in [-0.2, -0.15) is 0 Å². The number of carbonyl (C=O) groups excluding carboxylic acids is 2. The number of primary amides is 1. The molecule has 2 amide bonds. The minimum Gasteiger partial charge on any atom is -0.369 e. The van der Waals surface area contributed by atoms with E-state index in [0.717, 1.165) is 43.4 Å². The molecule has 28 heavy (non-hydrogen) atoms. The van der Waals surface area contributed by atoms with Crippen molar-refractivity contribution in [3.63, 3.8) is 0 Å². The Labute approximate surface area is 166 Å². The molecule has 146 valence electrons. The van der Waals surface area contributed by atoms with E-state index in [9.17, 15) is 9.59 Å². The maximum absolute atomic E-state index is 12.5. The number of hydrogen-bond acceptors (Lipinski definition) is 2. The number of hydrogen-bond donors (Lipinski definition) is 1. The molecule has 1 aliphatic heterocycles. The van der Waals surface area contributed by atoms with Gasteiger partial charge in [0.15, 0.2) is 0 Å². The predicted molar refractivity (Wildman–Crippen MR) is 110 cm³/mol. The lowest BCUT2D eigenvalue weighted by atomic mass is 9.74. The van der Waals surface area contributed by atoms with Crippen molar-refractivity contribution < 1.29 is 9.59 Å². The summed E-state index contributed by atoms with van der Waals surface area (Å²) in [4.78, 5) is 26.8. The van der Waals surface area contributed by atoms with E-state index in [1.165, 1.54) is 11.1 Å². The highest BCUT2D eigenvalue weighted by molar-refractivity contribution is 5.85. The second-order valence-corrected chi connectivity index (χ2v) is 8.52. The van der Waals surface area contributed by atoms with E-state index >= 15 is 0 Å². The fourth-order valence-electron chi connectivity index (χ4n) is 4.29. The largest absolute Gasteiger partial charge is 0.369 e. The van der Waals surface area contributed by atoms with Crippen LogP contribution in [0.3, 0.4) is 0 Å². The molecule has 0 bridgehead atoms. The van der Waals surface area contributed by atoms with Gasteiger partial charge < -0.3 is 10.6 Å². The van der Waals surface area contributed by atoms with E-state index in [1.807, 2.05) is 4.90 Å². The topological polar surface area (TPSA) is 63.4 Å². The summed E-state index contributed by atoms with van der Waals surface area (Å²) in [6.07, 6.45) is 4.14. The second kappa shape index (κ2) is 7.42. The van der Waals surface area contributed by atoms with E-state index in [2.05, 4.69) is 55.5 Å². The fourth-order valence-corrected chi connectivity index (χ4v) is 4.29. The Morgan fingerprint density at radius 3 is 2.21 bits per heavy atom. The van der Waals surface area contributed by atoms with E-state index in [-0.39, 0.29) is 17.7 Å². The van der Waals surface area contributed by atoms with Gasteiger partial charge in [0.2, 0.25) is 11.8 Å². The first-order valence-electron chi connectivity index (χ1n) is 10.2. The van der Waals surface area contributed by atoms with Gasteiger partial charge in [-0.25, -0.2) is 0 Å². The van der Waals surface area contributed by atoms with Crippen molar-refractivity contribution in [3.05, 3.63) is 59.7 Å². The third-order valence-corrected chi connectivity index (χ3v) is 6.22. The van der Waals surface area contributed by atoms with Crippen molar-refractivity contribution in [2.75, 3.05) is 13.1 Å². The molecular formula is C24H28N2O2. The molecule has 2 aliphatic rings. The lowest BCUT2D eigenvalue weighted by Crippen LogP contribution is -2.53. The first kappa shape index (κ1) is 18.7. The average Bonchev–Trinajstić information content (AvgIpc) is 3.54. The Hall–Kier alpha value is -2.62. The maximum atomic E-state index is 12.5. The summed E-state index contributed by atoms with van der Waals surface area (Å²) in [5.41, 5.74) is 9.88. The van der Waals surface area contributed by atoms with Crippen molar-refractivity contribution >= 4 is 11.8 Å². The molecule has 0 aromatic heterocycles. The minimum absolute atomic E-state index is 0.178. The average molecular weight is 377 g/mol. The third-order valence-electron chi connectivity index (χ3n) is 6.22. The molecule has 2 N–H and O–H groups in total. The van der Waals surface area contributed by atoms with Gasteiger partial charge in [0.25, 0.3) is 0 Å². The maximum Gasteiger partial charge on any atom is 0.225 e. The van der Waals surface area contributed by atoms with Crippen LogP contribution in [0.2, 0.25) is 0 Å². The number of amides is 2. The van der Waals surface area contributed by atoms with Crippen LogP contribution in [0.1, 0.15) is 36.8 Å². The van der Waals surface area contributed by atoms with Crippen molar-refractivity contribution in [1.29, 1.82) is 0 Å². The van der Waals surface area contributed by atoms with Crippen LogP contribution in [0, 0.1) is 18.3 Å². The molecule has 4 rings (SSSR count). The highest BCUT2D eigenvalue weighted by atomic mass is 16.2. The van der Waals surface area contributed by atoms with Crippen LogP contribution in [-0.2, 0) is 16.0 Å². The molecule has 1 saturated heterocycles. The predicted octanol–water partition coefficient (Wildman–Crippen LogP) is 3.71. The number of piperidine rings is 1. The lowest BCUT2D eigenvalue weighted by Gasteiger charge is -2.41. The summed E-state index contributed by atoms with van der Waals surface area (Å²) in [5.74, 6) is 0.0981. The van der Waals surface area contributed by atoms with Gasteiger partial charge in [-0.1, -0.05) is 54.1 Å². The zero-order valence-electron chi connectivity index (χ0n) is 16.5. The number of nitrogens with zero attached hydrogens (tertiary/aromatic N) is 1. The van der Waals surface area contributed by atoms with Gasteiger partial charge in [0.1, 0.15) is 0 Å². The summed E-state index contributed by atoms with van der Waals surface area (Å²) in [5, 5.41) is 0. The third kappa shape index (κ3) is 3.82. The molecule has 2 fully saturated rings. The van der Waals surface area contributed by atoms with Crippen molar-refractivity contribution in [2.24, 2.45) is 17.1 Å². The Morgan fingerprint density at radius 2 is 1.64 bits per heavy atom. The van der Waals surface area contributed by atoms with E-state index in [4.69, 9.17) is 5.73 Å². The van der Waals surface area contributed by atoms with Crippen LogP contribution in [0.25, 0.3) is 11.1 Å². The molecule has 4 nitrogen and oxygen atoms in total. The second-order valence-electron chi connectivity index (χ2n) is 8.52. The summed E-state index contributed by atoms with van der Waals surface area (Å²) in [7, 11) is 0. The SMILES string of the molecule is Cc1ccc(-c2ccc(CC3(C(N)=O)CCCN(C(=O)C4CC4)C3)cc2)cc1. The van der Waals surface area contributed by atoms with Gasteiger partial charge in [-0.05, 0) is 55.7 Å². The summed E-state index contributed by atoms with van der Waals surface area (Å²) in [6, 6.07) is 16.8. The van der Waals surface area contributed by atoms with Crippen LogP contribution in [-0.4, -0.2) is 29.8 Å². The van der Waals surface area contributed by atoms with Crippen LogP contribution in [0.15, 0.2) is 48.5 Å². The quantitative estimate of drug-likeness (QED) is 0.865. The number of benzene rings is 2. The van der Waals surface area contributed by atoms with E-state index in [0.29, 0.717) is 13.0 Å². The molecule has 0 radical (unpaired) electrons. The van der Waals surface area contributed by atoms with Gasteiger partial charge in [0.05, 0.1) is 5.41 Å². The van der Waals surface area contributed by atoms with Gasteiger partial charge in [-0.3, -0.25) is 9.59 Å². The van der Waals surface area contributed by atoms with E-state index < -0.39 is 5.41 Å². The summed E-state index contributed by atoms with van der Waals surface area (Å²) < 4.78 is 0. The van der Waals surface area contributed by atoms with E-state index in [1.54, 1.807) is 0 Å². The van der Waals surface area contributed by atoms with Gasteiger partial charge >= 0.3 is 0 Å². The molecule has 1 unspecified atom stereocenters. The number of likely N-dealkylation sites (tertiary alicyclic amines) is 1. The lowest BCUT2D eigenvalue weighted by molar-refractivity contribution is -0.140. The summed E-state index contributed by atoms with van der Waals surface area (Å²) >= 11 is 0. The Bertz CT molecular complexity index is 868. The van der Waals surface area contributed by atoms with Gasteiger partial charge in [0, 0.05) is 19.0 Å². The van der Waals surface area contributed by atoms with Crippen LogP contribution < -0.4 is 5.73 Å². The zero-order valence-corrected chi connectivity index (χ0v) is 16.5. The van der Waals surface area contributed by atoms with Crippen molar-refractivity contribution in [1.82, 2.24) is 4.90 Å². The monoisotopic (exact) mass is 376 g/mol. The molecule has 0 spiro atoms. The molecule has 2 aromatic carbocycles. The Balaban J connectivity index is 1.52. The number of carbonyl (C=O) groups is 2. The number of aryl methyl sites for hydroxylation is 1. The molecule has 2 aromatic rings. The normalized spacial score (nSPS) is 22.1. The molecule has 1 atom stereocenters. The molecule has 1 heterocycles. The molecule has 1 aliphatic carbocycles. The van der Waals surface area contributed by atoms with Crippen molar-refractivity contribution in [3.8, 4) is 11.1 Å².